The number of hydrazone groups is 1. The lowest BCUT2D eigenvalue weighted by molar-refractivity contribution is -0.126. The van der Waals surface area contributed by atoms with E-state index in [0.29, 0.717) is 12.1 Å². The highest BCUT2D eigenvalue weighted by molar-refractivity contribution is 6.15. The first kappa shape index (κ1) is 13.2. The van der Waals surface area contributed by atoms with Crippen LogP contribution in [0.25, 0.3) is 0 Å². The quantitative estimate of drug-likeness (QED) is 0.858. The number of fused-ring (bicyclic) bond motifs is 1. The highest BCUT2D eigenvalue weighted by Crippen LogP contribution is 2.39. The van der Waals surface area contributed by atoms with Crippen molar-refractivity contribution in [3.8, 4) is 0 Å². The van der Waals surface area contributed by atoms with E-state index in [2.05, 4.69) is 10.5 Å². The minimum atomic E-state index is -0.677. The van der Waals surface area contributed by atoms with E-state index in [4.69, 9.17) is 0 Å². The minimum absolute atomic E-state index is 0.0683. The largest absolute Gasteiger partial charge is 0.306 e. The van der Waals surface area contributed by atoms with Gasteiger partial charge < -0.3 is 5.43 Å². The second-order valence-corrected chi connectivity index (χ2v) is 6.35. The Morgan fingerprint density at radius 2 is 2.10 bits per heavy atom. The molecule has 0 bridgehead atoms. The van der Waals surface area contributed by atoms with Crippen molar-refractivity contribution < 1.29 is 13.6 Å². The van der Waals surface area contributed by atoms with Gasteiger partial charge in [0, 0.05) is 18.1 Å². The number of hydrogen-bond donors (Lipinski definition) is 1. The summed E-state index contributed by atoms with van der Waals surface area (Å²) in [6.45, 7) is 4.08. The Hall–Kier alpha value is -1.78. The third kappa shape index (κ3) is 2.11. The summed E-state index contributed by atoms with van der Waals surface area (Å²) in [5.74, 6) is -1.67. The minimum Gasteiger partial charge on any atom is -0.306 e. The summed E-state index contributed by atoms with van der Waals surface area (Å²) in [5.41, 5.74) is 3.47. The molecule has 3 nitrogen and oxygen atoms in total. The normalized spacial score (nSPS) is 27.8. The molecule has 1 N–H and O–H groups in total. The summed E-state index contributed by atoms with van der Waals surface area (Å²) in [4.78, 5) is 12.3. The second-order valence-electron chi connectivity index (χ2n) is 6.35. The van der Waals surface area contributed by atoms with Crippen LogP contribution in [0.5, 0.6) is 0 Å². The number of hydrogen-bond acceptors (Lipinski definition) is 3. The summed E-state index contributed by atoms with van der Waals surface area (Å²) in [6, 6.07) is 3.26. The van der Waals surface area contributed by atoms with Crippen LogP contribution in [0.15, 0.2) is 23.3 Å². The van der Waals surface area contributed by atoms with E-state index in [9.17, 15) is 13.6 Å². The lowest BCUT2D eigenvalue weighted by Crippen LogP contribution is -2.45. The first-order valence-electron chi connectivity index (χ1n) is 6.69. The van der Waals surface area contributed by atoms with Crippen molar-refractivity contribution in [2.24, 2.45) is 16.4 Å². The first-order chi connectivity index (χ1) is 9.37. The molecule has 1 fully saturated rings. The summed E-state index contributed by atoms with van der Waals surface area (Å²) in [7, 11) is 0. The van der Waals surface area contributed by atoms with Crippen LogP contribution in [-0.2, 0) is 4.79 Å². The molecule has 0 spiro atoms. The average molecular weight is 278 g/mol. The van der Waals surface area contributed by atoms with E-state index in [0.717, 1.165) is 12.5 Å². The molecular formula is C15H16F2N2O. The monoisotopic (exact) mass is 278 g/mol. The number of nitrogens with zero attached hydrogens (tertiary/aromatic N) is 1. The lowest BCUT2D eigenvalue weighted by atomic mass is 9.68. The van der Waals surface area contributed by atoms with Crippen LogP contribution in [-0.4, -0.2) is 17.5 Å². The molecule has 1 aliphatic carbocycles. The maximum absolute atomic E-state index is 13.9. The molecule has 2 aliphatic rings. The number of rotatable bonds is 1. The van der Waals surface area contributed by atoms with Gasteiger partial charge in [-0.25, -0.2) is 8.78 Å². The van der Waals surface area contributed by atoms with Gasteiger partial charge >= 0.3 is 0 Å². The zero-order chi connectivity index (χ0) is 14.5. The predicted molar refractivity (Wildman–Crippen MR) is 71.3 cm³/mol. The lowest BCUT2D eigenvalue weighted by Gasteiger charge is -2.36. The first-order valence-corrected chi connectivity index (χ1v) is 6.69. The maximum Gasteiger partial charge on any atom is 0.144 e. The molecule has 106 valence electrons. The Balaban J connectivity index is 1.95. The molecule has 0 saturated heterocycles. The van der Waals surface area contributed by atoms with Gasteiger partial charge in [0.2, 0.25) is 0 Å². The molecule has 3 rings (SSSR count). The van der Waals surface area contributed by atoms with Crippen LogP contribution in [0.1, 0.15) is 32.3 Å². The van der Waals surface area contributed by atoms with E-state index in [1.54, 1.807) is 0 Å². The molecule has 0 aromatic heterocycles. The van der Waals surface area contributed by atoms with E-state index in [1.165, 1.54) is 12.1 Å². The third-order valence-electron chi connectivity index (χ3n) is 4.03. The van der Waals surface area contributed by atoms with Crippen molar-refractivity contribution in [2.75, 3.05) is 0 Å². The Morgan fingerprint density at radius 1 is 1.35 bits per heavy atom. The molecule has 1 heterocycles. The van der Waals surface area contributed by atoms with Crippen LogP contribution in [0.2, 0.25) is 0 Å². The highest BCUT2D eigenvalue weighted by Gasteiger charge is 2.46. The van der Waals surface area contributed by atoms with Gasteiger partial charge in [0.15, 0.2) is 0 Å². The molecule has 2 atom stereocenters. The van der Waals surface area contributed by atoms with Gasteiger partial charge in [0.25, 0.3) is 0 Å². The number of benzene rings is 1. The summed E-state index contributed by atoms with van der Waals surface area (Å²) in [5, 5.41) is 4.14. The topological polar surface area (TPSA) is 41.5 Å². The van der Waals surface area contributed by atoms with E-state index < -0.39 is 17.6 Å². The Morgan fingerprint density at radius 3 is 2.80 bits per heavy atom. The molecule has 0 unspecified atom stereocenters. The number of ketones is 1. The molecule has 20 heavy (non-hydrogen) atoms. The van der Waals surface area contributed by atoms with Crippen LogP contribution >= 0.6 is 0 Å². The van der Waals surface area contributed by atoms with E-state index >= 15 is 0 Å². The Bertz CT molecular complexity index is 610. The smallest absolute Gasteiger partial charge is 0.144 e. The number of carbonyl (C=O) groups is 1. The van der Waals surface area contributed by atoms with Crippen molar-refractivity contribution in [3.05, 3.63) is 35.4 Å². The molecule has 0 radical (unpaired) electrons. The number of halogens is 2. The van der Waals surface area contributed by atoms with Crippen molar-refractivity contribution in [2.45, 2.75) is 32.7 Å². The maximum atomic E-state index is 13.9. The van der Waals surface area contributed by atoms with Crippen molar-refractivity contribution in [1.82, 2.24) is 5.43 Å². The summed E-state index contributed by atoms with van der Waals surface area (Å²) < 4.78 is 26.9. The van der Waals surface area contributed by atoms with Gasteiger partial charge in [0.05, 0.1) is 17.7 Å². The van der Waals surface area contributed by atoms with Crippen molar-refractivity contribution in [1.29, 1.82) is 0 Å². The zero-order valence-electron chi connectivity index (χ0n) is 11.4. The molecule has 0 amide bonds. The van der Waals surface area contributed by atoms with Gasteiger partial charge in [-0.15, -0.1) is 0 Å². The predicted octanol–water partition coefficient (Wildman–Crippen LogP) is 2.65. The molecule has 1 saturated carbocycles. The Labute approximate surface area is 116 Å². The standard InChI is InChI=1S/C15H16F2N2O/c1-15(2)6-11-13(12(20)7-15)14(19-18-11)9-4-3-8(16)5-10(9)17/h3-5,11,13,18H,6-7H2,1-2H3/t11-,13-/m0/s1. The van der Waals surface area contributed by atoms with E-state index in [-0.39, 0.29) is 22.8 Å². The number of Topliss-reactive ketones (excluding diaryl/α,β-unsaturated/α-hetero) is 1. The SMILES string of the molecule is CC1(C)CC(=O)[C@H]2C(c3ccc(F)cc3F)=NN[C@H]2C1. The fourth-order valence-corrected chi connectivity index (χ4v) is 3.20. The fourth-order valence-electron chi connectivity index (χ4n) is 3.20. The number of carbonyl (C=O) groups excluding carboxylic acids is 1. The van der Waals surface area contributed by atoms with Gasteiger partial charge in [-0.3, -0.25) is 4.79 Å². The van der Waals surface area contributed by atoms with Crippen LogP contribution in [0, 0.1) is 23.0 Å². The van der Waals surface area contributed by atoms with Crippen LogP contribution in [0.4, 0.5) is 8.78 Å². The molecule has 1 aromatic carbocycles. The van der Waals surface area contributed by atoms with E-state index in [1.807, 2.05) is 13.8 Å². The highest BCUT2D eigenvalue weighted by atomic mass is 19.1. The Kier molecular flexibility index (Phi) is 2.88. The van der Waals surface area contributed by atoms with Gasteiger partial charge in [-0.1, -0.05) is 13.8 Å². The molecule has 1 aromatic rings. The van der Waals surface area contributed by atoms with Gasteiger partial charge in [-0.05, 0) is 24.0 Å². The van der Waals surface area contributed by atoms with Crippen molar-refractivity contribution >= 4 is 11.5 Å². The van der Waals surface area contributed by atoms with Crippen LogP contribution in [0.3, 0.4) is 0 Å². The van der Waals surface area contributed by atoms with Crippen LogP contribution < -0.4 is 5.43 Å². The summed E-state index contributed by atoms with van der Waals surface area (Å²) >= 11 is 0. The zero-order valence-corrected chi connectivity index (χ0v) is 11.4. The third-order valence-corrected chi connectivity index (χ3v) is 4.03. The second kappa shape index (κ2) is 4.36. The van der Waals surface area contributed by atoms with Gasteiger partial charge in [-0.2, -0.15) is 5.10 Å². The fraction of sp³-hybridized carbons (Fsp3) is 0.467. The molecule has 5 heteroatoms. The van der Waals surface area contributed by atoms with Gasteiger partial charge in [0.1, 0.15) is 17.4 Å². The van der Waals surface area contributed by atoms with Crippen molar-refractivity contribution in [3.63, 3.8) is 0 Å². The molecule has 1 aliphatic heterocycles. The molecular weight excluding hydrogens is 262 g/mol. The average Bonchev–Trinajstić information content (AvgIpc) is 2.71. The number of nitrogens with one attached hydrogen (secondary N) is 1. The summed E-state index contributed by atoms with van der Waals surface area (Å²) in [6.07, 6.45) is 1.26.